The van der Waals surface area contributed by atoms with Gasteiger partial charge in [0.25, 0.3) is 0 Å². The lowest BCUT2D eigenvalue weighted by atomic mass is 10.3. The van der Waals surface area contributed by atoms with Crippen molar-refractivity contribution in [3.05, 3.63) is 12.2 Å². The maximum Gasteiger partial charge on any atom is 0.0651 e. The van der Waals surface area contributed by atoms with E-state index in [4.69, 9.17) is 10.5 Å². The Kier molecular flexibility index (Phi) is 6.55. The summed E-state index contributed by atoms with van der Waals surface area (Å²) >= 11 is 0. The third kappa shape index (κ3) is 5.79. The zero-order valence-electron chi connectivity index (χ0n) is 6.84. The maximum atomic E-state index is 5.35. The molecule has 2 nitrogen and oxygen atoms in total. The molecule has 0 amide bonds. The zero-order valence-corrected chi connectivity index (χ0v) is 6.84. The lowest BCUT2D eigenvalue weighted by Gasteiger charge is -2.06. The average Bonchev–Trinajstić information content (AvgIpc) is 1.98. The van der Waals surface area contributed by atoms with E-state index in [2.05, 4.69) is 13.8 Å². The molecule has 10 heavy (non-hydrogen) atoms. The molecule has 0 heterocycles. The van der Waals surface area contributed by atoms with E-state index in [0.717, 1.165) is 6.42 Å². The lowest BCUT2D eigenvalue weighted by molar-refractivity contribution is 0.0856. The van der Waals surface area contributed by atoms with Gasteiger partial charge in [-0.05, 0) is 13.3 Å². The third-order valence-electron chi connectivity index (χ3n) is 1.35. The van der Waals surface area contributed by atoms with Crippen molar-refractivity contribution in [2.24, 2.45) is 5.73 Å². The van der Waals surface area contributed by atoms with Gasteiger partial charge >= 0.3 is 0 Å². The molecule has 0 aliphatic carbocycles. The number of ether oxygens (including phenoxy) is 1. The first-order chi connectivity index (χ1) is 4.81. The molecule has 0 saturated heterocycles. The summed E-state index contributed by atoms with van der Waals surface area (Å²) < 4.78 is 5.35. The van der Waals surface area contributed by atoms with E-state index in [1.165, 1.54) is 0 Å². The fourth-order valence-electron chi connectivity index (χ4n) is 0.502. The molecule has 0 aliphatic heterocycles. The monoisotopic (exact) mass is 143 g/mol. The highest BCUT2D eigenvalue weighted by Gasteiger charge is 1.93. The van der Waals surface area contributed by atoms with E-state index in [9.17, 15) is 0 Å². The molecule has 0 aromatic carbocycles. The highest BCUT2D eigenvalue weighted by Crippen LogP contribution is 1.94. The smallest absolute Gasteiger partial charge is 0.0651 e. The summed E-state index contributed by atoms with van der Waals surface area (Å²) in [5.41, 5.74) is 5.24. The Balaban J connectivity index is 3.10. The van der Waals surface area contributed by atoms with E-state index in [1.807, 2.05) is 12.2 Å². The highest BCUT2D eigenvalue weighted by atomic mass is 16.5. The minimum absolute atomic E-state index is 0.363. The minimum Gasteiger partial charge on any atom is -0.374 e. The molecule has 2 N–H and O–H groups in total. The second-order valence-corrected chi connectivity index (χ2v) is 2.26. The summed E-state index contributed by atoms with van der Waals surface area (Å²) in [6, 6.07) is 0. The first kappa shape index (κ1) is 9.66. The molecule has 0 aromatic rings. The van der Waals surface area contributed by atoms with E-state index < -0.39 is 0 Å². The topological polar surface area (TPSA) is 35.2 Å². The summed E-state index contributed by atoms with van der Waals surface area (Å²) in [6.45, 7) is 5.46. The van der Waals surface area contributed by atoms with E-state index in [0.29, 0.717) is 19.3 Å². The molecule has 0 rings (SSSR count). The second-order valence-electron chi connectivity index (χ2n) is 2.26. The van der Waals surface area contributed by atoms with Crippen molar-refractivity contribution < 1.29 is 4.74 Å². The van der Waals surface area contributed by atoms with Crippen molar-refractivity contribution >= 4 is 0 Å². The van der Waals surface area contributed by atoms with Gasteiger partial charge in [0, 0.05) is 6.54 Å². The van der Waals surface area contributed by atoms with Crippen molar-refractivity contribution in [2.75, 3.05) is 13.2 Å². The fourth-order valence-corrected chi connectivity index (χ4v) is 0.502. The Bertz CT molecular complexity index is 91.3. The van der Waals surface area contributed by atoms with Gasteiger partial charge in [0.05, 0.1) is 12.7 Å². The van der Waals surface area contributed by atoms with Crippen molar-refractivity contribution in [3.8, 4) is 0 Å². The van der Waals surface area contributed by atoms with Crippen LogP contribution in [0.2, 0.25) is 0 Å². The van der Waals surface area contributed by atoms with Crippen LogP contribution in [0.3, 0.4) is 0 Å². The highest BCUT2D eigenvalue weighted by molar-refractivity contribution is 4.82. The Hall–Kier alpha value is -0.340. The molecule has 2 heteroatoms. The first-order valence-electron chi connectivity index (χ1n) is 3.78. The van der Waals surface area contributed by atoms with Gasteiger partial charge in [-0.1, -0.05) is 19.1 Å². The summed E-state index contributed by atoms with van der Waals surface area (Å²) in [6.07, 6.45) is 5.28. The van der Waals surface area contributed by atoms with Crippen LogP contribution in [0.4, 0.5) is 0 Å². The number of hydrogen-bond acceptors (Lipinski definition) is 2. The molecule has 0 aliphatic rings. The SMILES string of the molecule is CCC(C)OCC=CCN. The van der Waals surface area contributed by atoms with Gasteiger partial charge in [-0.2, -0.15) is 0 Å². The Labute approximate surface area is 63.1 Å². The minimum atomic E-state index is 0.363. The fraction of sp³-hybridized carbons (Fsp3) is 0.750. The predicted molar refractivity (Wildman–Crippen MR) is 43.9 cm³/mol. The summed E-state index contributed by atoms with van der Waals surface area (Å²) in [4.78, 5) is 0. The molecule has 1 atom stereocenters. The van der Waals surface area contributed by atoms with Gasteiger partial charge in [-0.3, -0.25) is 0 Å². The van der Waals surface area contributed by atoms with E-state index >= 15 is 0 Å². The molecule has 0 fully saturated rings. The largest absolute Gasteiger partial charge is 0.374 e. The summed E-state index contributed by atoms with van der Waals surface area (Å²) in [7, 11) is 0. The number of hydrogen-bond donors (Lipinski definition) is 1. The predicted octanol–water partition coefficient (Wildman–Crippen LogP) is 1.32. The van der Waals surface area contributed by atoms with Crippen LogP contribution in [0.5, 0.6) is 0 Å². The van der Waals surface area contributed by atoms with Crippen LogP contribution >= 0.6 is 0 Å². The van der Waals surface area contributed by atoms with Crippen LogP contribution < -0.4 is 5.73 Å². The van der Waals surface area contributed by atoms with Gasteiger partial charge in [0.2, 0.25) is 0 Å². The third-order valence-corrected chi connectivity index (χ3v) is 1.35. The molecule has 0 spiro atoms. The van der Waals surface area contributed by atoms with Crippen LogP contribution in [0, 0.1) is 0 Å². The zero-order chi connectivity index (χ0) is 7.82. The van der Waals surface area contributed by atoms with Gasteiger partial charge in [0.15, 0.2) is 0 Å². The normalized spacial score (nSPS) is 14.3. The Morgan fingerprint density at radius 3 is 2.70 bits per heavy atom. The van der Waals surface area contributed by atoms with E-state index in [1.54, 1.807) is 0 Å². The maximum absolute atomic E-state index is 5.35. The Morgan fingerprint density at radius 2 is 2.20 bits per heavy atom. The molecule has 60 valence electrons. The molecule has 0 bridgehead atoms. The standard InChI is InChI=1S/C8H17NO/c1-3-8(2)10-7-5-4-6-9/h4-5,8H,3,6-7,9H2,1-2H3. The quantitative estimate of drug-likeness (QED) is 0.589. The van der Waals surface area contributed by atoms with Crippen LogP contribution in [-0.4, -0.2) is 19.3 Å². The van der Waals surface area contributed by atoms with Crippen molar-refractivity contribution in [1.82, 2.24) is 0 Å². The number of nitrogens with two attached hydrogens (primary N) is 1. The first-order valence-corrected chi connectivity index (χ1v) is 3.78. The van der Waals surface area contributed by atoms with Gasteiger partial charge in [0.1, 0.15) is 0 Å². The summed E-state index contributed by atoms with van der Waals surface area (Å²) in [5, 5.41) is 0. The Morgan fingerprint density at radius 1 is 1.50 bits per heavy atom. The second kappa shape index (κ2) is 6.78. The molecular formula is C8H17NO. The van der Waals surface area contributed by atoms with E-state index in [-0.39, 0.29) is 0 Å². The van der Waals surface area contributed by atoms with Crippen molar-refractivity contribution in [2.45, 2.75) is 26.4 Å². The summed E-state index contributed by atoms with van der Waals surface area (Å²) in [5.74, 6) is 0. The van der Waals surface area contributed by atoms with Crippen LogP contribution in [-0.2, 0) is 4.74 Å². The molecule has 1 unspecified atom stereocenters. The average molecular weight is 143 g/mol. The van der Waals surface area contributed by atoms with Gasteiger partial charge in [-0.25, -0.2) is 0 Å². The van der Waals surface area contributed by atoms with Crippen LogP contribution in [0.15, 0.2) is 12.2 Å². The lowest BCUT2D eigenvalue weighted by Crippen LogP contribution is -2.06. The van der Waals surface area contributed by atoms with Crippen molar-refractivity contribution in [1.29, 1.82) is 0 Å². The molecular weight excluding hydrogens is 126 g/mol. The number of rotatable bonds is 5. The molecule has 0 saturated carbocycles. The van der Waals surface area contributed by atoms with Crippen LogP contribution in [0.1, 0.15) is 20.3 Å². The van der Waals surface area contributed by atoms with Gasteiger partial charge < -0.3 is 10.5 Å². The van der Waals surface area contributed by atoms with Crippen molar-refractivity contribution in [3.63, 3.8) is 0 Å². The molecule has 0 radical (unpaired) electrons. The molecule has 0 aromatic heterocycles. The van der Waals surface area contributed by atoms with Gasteiger partial charge in [-0.15, -0.1) is 0 Å². The van der Waals surface area contributed by atoms with Crippen LogP contribution in [0.25, 0.3) is 0 Å².